The first-order chi connectivity index (χ1) is 5.95. The smallest absolute Gasteiger partial charge is 0.133 e. The lowest BCUT2D eigenvalue weighted by Crippen LogP contribution is -1.71. The molecule has 0 atom stereocenters. The highest BCUT2D eigenvalue weighted by atomic mass is 16.6. The number of fused-ring (bicyclic) bond motifs is 3. The summed E-state index contributed by atoms with van der Waals surface area (Å²) in [5.41, 5.74) is 2.48. The fraction of sp³-hybridized carbons (Fsp3) is 0. The molecule has 0 aliphatic carbocycles. The van der Waals surface area contributed by atoms with E-state index in [-0.39, 0.29) is 0 Å². The number of aromatic nitrogens is 4. The molecule has 0 aliphatic rings. The maximum Gasteiger partial charge on any atom is 0.133 e. The van der Waals surface area contributed by atoms with Crippen molar-refractivity contribution in [2.75, 3.05) is 0 Å². The molecule has 3 rings (SSSR count). The fourth-order valence-electron chi connectivity index (χ4n) is 1.26. The highest BCUT2D eigenvalue weighted by Crippen LogP contribution is 2.19. The van der Waals surface area contributed by atoms with Crippen LogP contribution in [0.4, 0.5) is 0 Å². The SMILES string of the molecule is c1cc2no[nH]c2c2cnnc12. The predicted octanol–water partition coefficient (Wildman–Crippen LogP) is 1.10. The summed E-state index contributed by atoms with van der Waals surface area (Å²) < 4.78 is 4.71. The van der Waals surface area contributed by atoms with Gasteiger partial charge >= 0.3 is 0 Å². The standard InChI is InChI=1S/C7H4N4O/c1-2-6-7(11-12-10-6)4-3-8-9-5(1)4/h1-3,11H. The van der Waals surface area contributed by atoms with E-state index in [0.717, 1.165) is 21.9 Å². The average Bonchev–Trinajstić information content (AvgIpc) is 2.71. The quantitative estimate of drug-likeness (QED) is 0.534. The zero-order chi connectivity index (χ0) is 7.97. The van der Waals surface area contributed by atoms with Gasteiger partial charge in [-0.1, -0.05) is 5.16 Å². The molecule has 0 unspecified atom stereocenters. The minimum absolute atomic E-state index is 0.789. The Kier molecular flexibility index (Phi) is 0.864. The highest BCUT2D eigenvalue weighted by molar-refractivity contribution is 6.01. The molecule has 0 saturated heterocycles. The third-order valence-corrected chi connectivity index (χ3v) is 1.84. The number of nitrogens with one attached hydrogen (secondary N) is 1. The molecule has 2 heterocycles. The van der Waals surface area contributed by atoms with E-state index >= 15 is 0 Å². The maximum atomic E-state index is 4.71. The number of rotatable bonds is 0. The number of hydrogen-bond donors (Lipinski definition) is 1. The first-order valence-electron chi connectivity index (χ1n) is 3.49. The lowest BCUT2D eigenvalue weighted by Gasteiger charge is -1.84. The molecular formula is C7H4N4O. The van der Waals surface area contributed by atoms with Gasteiger partial charge in [-0.3, -0.25) is 4.63 Å². The third kappa shape index (κ3) is 0.554. The molecule has 0 fully saturated rings. The zero-order valence-corrected chi connectivity index (χ0v) is 5.98. The Morgan fingerprint density at radius 3 is 3.17 bits per heavy atom. The van der Waals surface area contributed by atoms with Gasteiger partial charge < -0.3 is 0 Å². The Morgan fingerprint density at radius 2 is 2.17 bits per heavy atom. The summed E-state index contributed by atoms with van der Waals surface area (Å²) in [6, 6.07) is 3.70. The second kappa shape index (κ2) is 1.82. The van der Waals surface area contributed by atoms with Crippen LogP contribution in [0.15, 0.2) is 23.0 Å². The molecule has 0 amide bonds. The molecule has 1 aromatic carbocycles. The molecule has 58 valence electrons. The van der Waals surface area contributed by atoms with Gasteiger partial charge in [0.25, 0.3) is 0 Å². The Labute approximate surface area is 66.3 Å². The van der Waals surface area contributed by atoms with Gasteiger partial charge in [-0.05, 0) is 12.1 Å². The van der Waals surface area contributed by atoms with Crippen molar-refractivity contribution in [3.05, 3.63) is 18.3 Å². The Balaban J connectivity index is 2.71. The van der Waals surface area contributed by atoms with E-state index in [1.807, 2.05) is 12.1 Å². The van der Waals surface area contributed by atoms with E-state index in [4.69, 9.17) is 4.63 Å². The second-order valence-corrected chi connectivity index (χ2v) is 2.52. The minimum Gasteiger partial charge on any atom is -0.270 e. The second-order valence-electron chi connectivity index (χ2n) is 2.52. The van der Waals surface area contributed by atoms with E-state index < -0.39 is 0 Å². The molecule has 5 nitrogen and oxygen atoms in total. The van der Waals surface area contributed by atoms with Gasteiger partial charge in [0, 0.05) is 0 Å². The van der Waals surface area contributed by atoms with Gasteiger partial charge in [0.15, 0.2) is 0 Å². The monoisotopic (exact) mass is 160 g/mol. The van der Waals surface area contributed by atoms with E-state index in [1.165, 1.54) is 0 Å². The number of aromatic amines is 1. The number of H-pyrrole nitrogens is 1. The van der Waals surface area contributed by atoms with Gasteiger partial charge in [0.2, 0.25) is 0 Å². The maximum absolute atomic E-state index is 4.71. The molecule has 12 heavy (non-hydrogen) atoms. The van der Waals surface area contributed by atoms with Crippen LogP contribution in [-0.2, 0) is 0 Å². The van der Waals surface area contributed by atoms with Gasteiger partial charge in [-0.2, -0.15) is 15.4 Å². The topological polar surface area (TPSA) is 67.6 Å². The Bertz CT molecular complexity index is 489. The molecular weight excluding hydrogens is 156 g/mol. The summed E-state index contributed by atoms with van der Waals surface area (Å²) in [5, 5.41) is 15.1. The van der Waals surface area contributed by atoms with Crippen molar-refractivity contribution in [2.24, 2.45) is 0 Å². The van der Waals surface area contributed by atoms with E-state index in [2.05, 4.69) is 20.5 Å². The Morgan fingerprint density at radius 1 is 1.25 bits per heavy atom. The summed E-state index contributed by atoms with van der Waals surface area (Å²) in [5.74, 6) is 0. The lowest BCUT2D eigenvalue weighted by molar-refractivity contribution is 0.316. The van der Waals surface area contributed by atoms with Crippen molar-refractivity contribution in [3.63, 3.8) is 0 Å². The van der Waals surface area contributed by atoms with Gasteiger partial charge in [-0.15, -0.1) is 0 Å². The van der Waals surface area contributed by atoms with Crippen molar-refractivity contribution in [2.45, 2.75) is 0 Å². The summed E-state index contributed by atoms with van der Waals surface area (Å²) in [6.45, 7) is 0. The normalized spacial score (nSPS) is 11.3. The van der Waals surface area contributed by atoms with Crippen molar-refractivity contribution >= 4 is 21.9 Å². The summed E-state index contributed by atoms with van der Waals surface area (Å²) in [6.07, 6.45) is 1.69. The summed E-state index contributed by atoms with van der Waals surface area (Å²) in [4.78, 5) is 0. The van der Waals surface area contributed by atoms with E-state index in [1.54, 1.807) is 6.20 Å². The van der Waals surface area contributed by atoms with Gasteiger partial charge in [0.05, 0.1) is 17.1 Å². The third-order valence-electron chi connectivity index (χ3n) is 1.84. The van der Waals surface area contributed by atoms with Gasteiger partial charge in [0.1, 0.15) is 11.0 Å². The molecule has 3 aromatic rings. The first kappa shape index (κ1) is 5.70. The van der Waals surface area contributed by atoms with E-state index in [0.29, 0.717) is 0 Å². The molecule has 0 spiro atoms. The largest absolute Gasteiger partial charge is 0.270 e. The van der Waals surface area contributed by atoms with Crippen LogP contribution in [0, 0.1) is 0 Å². The van der Waals surface area contributed by atoms with Crippen molar-refractivity contribution in [3.8, 4) is 0 Å². The number of hydrogen-bond acceptors (Lipinski definition) is 4. The average molecular weight is 160 g/mol. The number of benzene rings is 1. The van der Waals surface area contributed by atoms with Crippen molar-refractivity contribution in [1.29, 1.82) is 0 Å². The lowest BCUT2D eigenvalue weighted by atomic mass is 10.2. The molecule has 5 heteroatoms. The highest BCUT2D eigenvalue weighted by Gasteiger charge is 2.04. The molecule has 2 aromatic heterocycles. The van der Waals surface area contributed by atoms with Crippen LogP contribution in [0.5, 0.6) is 0 Å². The van der Waals surface area contributed by atoms with Crippen LogP contribution in [-0.4, -0.2) is 20.5 Å². The first-order valence-corrected chi connectivity index (χ1v) is 3.49. The van der Waals surface area contributed by atoms with Crippen molar-refractivity contribution < 1.29 is 4.63 Å². The Hall–Kier alpha value is -1.91. The van der Waals surface area contributed by atoms with Crippen LogP contribution in [0.1, 0.15) is 0 Å². The predicted molar refractivity (Wildman–Crippen MR) is 41.5 cm³/mol. The van der Waals surface area contributed by atoms with Crippen LogP contribution in [0.25, 0.3) is 21.9 Å². The number of nitrogens with zero attached hydrogens (tertiary/aromatic N) is 3. The van der Waals surface area contributed by atoms with Crippen LogP contribution >= 0.6 is 0 Å². The summed E-state index contributed by atoms with van der Waals surface area (Å²) >= 11 is 0. The molecule has 0 radical (unpaired) electrons. The van der Waals surface area contributed by atoms with Crippen LogP contribution in [0.3, 0.4) is 0 Å². The van der Waals surface area contributed by atoms with Crippen molar-refractivity contribution in [1.82, 2.24) is 20.5 Å². The van der Waals surface area contributed by atoms with E-state index in [9.17, 15) is 0 Å². The van der Waals surface area contributed by atoms with Gasteiger partial charge in [-0.25, -0.2) is 0 Å². The van der Waals surface area contributed by atoms with Crippen LogP contribution < -0.4 is 0 Å². The minimum atomic E-state index is 0.789. The molecule has 0 bridgehead atoms. The summed E-state index contributed by atoms with van der Waals surface area (Å²) in [7, 11) is 0. The molecule has 0 aliphatic heterocycles. The zero-order valence-electron chi connectivity index (χ0n) is 5.98. The molecule has 1 N–H and O–H groups in total. The van der Waals surface area contributed by atoms with Crippen LogP contribution in [0.2, 0.25) is 0 Å². The molecule has 0 saturated carbocycles. The fourth-order valence-corrected chi connectivity index (χ4v) is 1.26.